The van der Waals surface area contributed by atoms with Crippen LogP contribution in [0.15, 0.2) is 36.4 Å². The van der Waals surface area contributed by atoms with Crippen LogP contribution < -0.4 is 9.47 Å². The molecule has 1 saturated heterocycles. The molecule has 0 radical (unpaired) electrons. The topological polar surface area (TPSA) is 38.8 Å². The van der Waals surface area contributed by atoms with Crippen molar-refractivity contribution in [3.63, 3.8) is 0 Å². The van der Waals surface area contributed by atoms with E-state index in [0.717, 1.165) is 6.07 Å². The lowest BCUT2D eigenvalue weighted by Crippen LogP contribution is -2.30. The summed E-state index contributed by atoms with van der Waals surface area (Å²) < 4.78 is 37.7. The summed E-state index contributed by atoms with van der Waals surface area (Å²) in [6.07, 6.45) is 0. The Balaban J connectivity index is 1.93. The number of carbonyl (C=O) groups excluding carboxylic acids is 1. The third-order valence-corrected chi connectivity index (χ3v) is 5.22. The van der Waals surface area contributed by atoms with Crippen molar-refractivity contribution in [1.82, 2.24) is 4.90 Å². The summed E-state index contributed by atoms with van der Waals surface area (Å²) in [5.41, 5.74) is 0.693. The van der Waals surface area contributed by atoms with Crippen LogP contribution >= 0.6 is 11.8 Å². The Hall–Kier alpha value is -2.28. The molecule has 2 aromatic carbocycles. The molecule has 0 aliphatic carbocycles. The fourth-order valence-electron chi connectivity index (χ4n) is 2.73. The molecule has 1 fully saturated rings. The molecular weight excluding hydrogens is 348 g/mol. The number of rotatable bonds is 4. The molecule has 7 heteroatoms. The van der Waals surface area contributed by atoms with Gasteiger partial charge in [-0.05, 0) is 18.2 Å². The van der Waals surface area contributed by atoms with E-state index in [1.807, 2.05) is 0 Å². The van der Waals surface area contributed by atoms with Gasteiger partial charge in [0.1, 0.15) is 28.5 Å². The number of amides is 1. The molecule has 1 atom stereocenters. The summed E-state index contributed by atoms with van der Waals surface area (Å²) in [7, 11) is 3.01. The molecule has 0 saturated carbocycles. The van der Waals surface area contributed by atoms with Crippen LogP contribution in [0, 0.1) is 11.6 Å². The fourth-order valence-corrected chi connectivity index (χ4v) is 4.01. The molecule has 1 aliphatic rings. The number of methoxy groups -OCH3 is 2. The van der Waals surface area contributed by atoms with Gasteiger partial charge in [0, 0.05) is 35.6 Å². The number of hydrogen-bond acceptors (Lipinski definition) is 4. The van der Waals surface area contributed by atoms with Gasteiger partial charge < -0.3 is 14.4 Å². The lowest BCUT2D eigenvalue weighted by atomic mass is 10.1. The van der Waals surface area contributed by atoms with Gasteiger partial charge in [-0.3, -0.25) is 4.79 Å². The van der Waals surface area contributed by atoms with E-state index in [1.165, 1.54) is 38.1 Å². The monoisotopic (exact) mass is 365 g/mol. The number of benzene rings is 2. The Kier molecular flexibility index (Phi) is 5.13. The zero-order valence-corrected chi connectivity index (χ0v) is 14.6. The highest BCUT2D eigenvalue weighted by atomic mass is 32.2. The van der Waals surface area contributed by atoms with Gasteiger partial charge in [0.15, 0.2) is 0 Å². The van der Waals surface area contributed by atoms with E-state index in [-0.39, 0.29) is 5.91 Å². The van der Waals surface area contributed by atoms with Crippen molar-refractivity contribution >= 4 is 17.7 Å². The predicted molar refractivity (Wildman–Crippen MR) is 92.1 cm³/mol. The molecule has 132 valence electrons. The first kappa shape index (κ1) is 17.5. The van der Waals surface area contributed by atoms with E-state index in [4.69, 9.17) is 9.47 Å². The predicted octanol–water partition coefficient (Wildman–Crippen LogP) is 3.87. The molecular formula is C18H17F2NO3S. The molecule has 0 N–H and O–H groups in total. The summed E-state index contributed by atoms with van der Waals surface area (Å²) in [6.45, 7) is 0.477. The van der Waals surface area contributed by atoms with E-state index < -0.39 is 17.0 Å². The number of ether oxygens (including phenoxy) is 2. The van der Waals surface area contributed by atoms with Crippen LogP contribution in [0.25, 0.3) is 0 Å². The zero-order valence-electron chi connectivity index (χ0n) is 13.8. The number of carbonyl (C=O) groups is 1. The van der Waals surface area contributed by atoms with E-state index in [0.29, 0.717) is 34.9 Å². The SMILES string of the molecule is COc1cc(OC)cc(C(=O)N2CCSC2c2ccc(F)cc2F)c1. The van der Waals surface area contributed by atoms with Crippen molar-refractivity contribution in [1.29, 1.82) is 0 Å². The Labute approximate surface area is 148 Å². The lowest BCUT2D eigenvalue weighted by Gasteiger charge is -2.25. The van der Waals surface area contributed by atoms with E-state index >= 15 is 0 Å². The Bertz CT molecular complexity index is 778. The van der Waals surface area contributed by atoms with Crippen LogP contribution in [0.4, 0.5) is 8.78 Å². The number of halogens is 2. The molecule has 3 rings (SSSR count). The average molecular weight is 365 g/mol. The maximum Gasteiger partial charge on any atom is 0.255 e. The quantitative estimate of drug-likeness (QED) is 0.825. The van der Waals surface area contributed by atoms with Gasteiger partial charge in [-0.1, -0.05) is 6.07 Å². The average Bonchev–Trinajstić information content (AvgIpc) is 3.09. The van der Waals surface area contributed by atoms with Gasteiger partial charge in [-0.2, -0.15) is 0 Å². The molecule has 1 aliphatic heterocycles. The second-order valence-electron chi connectivity index (χ2n) is 5.49. The first-order chi connectivity index (χ1) is 12.0. The summed E-state index contributed by atoms with van der Waals surface area (Å²) in [5, 5.41) is -0.495. The summed E-state index contributed by atoms with van der Waals surface area (Å²) in [5.74, 6) is 0.128. The van der Waals surface area contributed by atoms with Crippen molar-refractivity contribution in [2.45, 2.75) is 5.37 Å². The molecule has 0 spiro atoms. The van der Waals surface area contributed by atoms with Gasteiger partial charge in [0.25, 0.3) is 5.91 Å². The van der Waals surface area contributed by atoms with Crippen LogP contribution in [0.1, 0.15) is 21.3 Å². The van der Waals surface area contributed by atoms with Crippen LogP contribution in [0.3, 0.4) is 0 Å². The zero-order chi connectivity index (χ0) is 18.0. The van der Waals surface area contributed by atoms with E-state index in [2.05, 4.69) is 0 Å². The van der Waals surface area contributed by atoms with E-state index in [9.17, 15) is 13.6 Å². The highest BCUT2D eigenvalue weighted by Gasteiger charge is 2.33. The van der Waals surface area contributed by atoms with Crippen LogP contribution in [-0.4, -0.2) is 37.3 Å². The van der Waals surface area contributed by atoms with Crippen LogP contribution in [0.2, 0.25) is 0 Å². The highest BCUT2D eigenvalue weighted by molar-refractivity contribution is 7.99. The van der Waals surface area contributed by atoms with Gasteiger partial charge in [-0.15, -0.1) is 11.8 Å². The third-order valence-electron chi connectivity index (χ3n) is 3.98. The Morgan fingerprint density at radius 3 is 2.40 bits per heavy atom. The molecule has 0 bridgehead atoms. The van der Waals surface area contributed by atoms with Crippen molar-refractivity contribution in [2.75, 3.05) is 26.5 Å². The maximum atomic E-state index is 14.1. The van der Waals surface area contributed by atoms with Gasteiger partial charge >= 0.3 is 0 Å². The van der Waals surface area contributed by atoms with Crippen molar-refractivity contribution < 1.29 is 23.0 Å². The lowest BCUT2D eigenvalue weighted by molar-refractivity contribution is 0.0758. The second kappa shape index (κ2) is 7.31. The molecule has 2 aromatic rings. The molecule has 1 heterocycles. The smallest absolute Gasteiger partial charge is 0.255 e. The van der Waals surface area contributed by atoms with Crippen LogP contribution in [-0.2, 0) is 0 Å². The largest absolute Gasteiger partial charge is 0.497 e. The normalized spacial score (nSPS) is 16.8. The van der Waals surface area contributed by atoms with Crippen LogP contribution in [0.5, 0.6) is 11.5 Å². The minimum absolute atomic E-state index is 0.254. The minimum atomic E-state index is -0.652. The maximum absolute atomic E-state index is 14.1. The van der Waals surface area contributed by atoms with E-state index in [1.54, 1.807) is 23.1 Å². The summed E-state index contributed by atoms with van der Waals surface area (Å²) in [6, 6.07) is 8.34. The number of thioether (sulfide) groups is 1. The first-order valence-electron chi connectivity index (χ1n) is 7.64. The number of nitrogens with zero attached hydrogens (tertiary/aromatic N) is 1. The van der Waals surface area contributed by atoms with Crippen molar-refractivity contribution in [2.24, 2.45) is 0 Å². The van der Waals surface area contributed by atoms with Crippen molar-refractivity contribution in [3.05, 3.63) is 59.2 Å². The van der Waals surface area contributed by atoms with Gasteiger partial charge in [0.2, 0.25) is 0 Å². The van der Waals surface area contributed by atoms with Gasteiger partial charge in [0.05, 0.1) is 14.2 Å². The minimum Gasteiger partial charge on any atom is -0.497 e. The Morgan fingerprint density at radius 2 is 1.80 bits per heavy atom. The number of hydrogen-bond donors (Lipinski definition) is 0. The Morgan fingerprint density at radius 1 is 1.12 bits per heavy atom. The first-order valence-corrected chi connectivity index (χ1v) is 8.69. The molecule has 1 unspecified atom stereocenters. The van der Waals surface area contributed by atoms with Crippen molar-refractivity contribution in [3.8, 4) is 11.5 Å². The molecule has 1 amide bonds. The molecule has 25 heavy (non-hydrogen) atoms. The third kappa shape index (κ3) is 3.56. The summed E-state index contributed by atoms with van der Waals surface area (Å²) in [4.78, 5) is 14.5. The fraction of sp³-hybridized carbons (Fsp3) is 0.278. The van der Waals surface area contributed by atoms with Gasteiger partial charge in [-0.25, -0.2) is 8.78 Å². The molecule has 4 nitrogen and oxygen atoms in total. The second-order valence-corrected chi connectivity index (χ2v) is 6.68. The highest BCUT2D eigenvalue weighted by Crippen LogP contribution is 2.40. The standard InChI is InChI=1S/C18H17F2NO3S/c1-23-13-7-11(8-14(10-13)24-2)17(22)21-5-6-25-18(21)15-4-3-12(19)9-16(15)20/h3-4,7-10,18H,5-6H2,1-2H3. The molecule has 0 aromatic heterocycles. The summed E-state index contributed by atoms with van der Waals surface area (Å²) >= 11 is 1.45.